The summed E-state index contributed by atoms with van der Waals surface area (Å²) in [6.07, 6.45) is 2.25. The summed E-state index contributed by atoms with van der Waals surface area (Å²) < 4.78 is 11.2. The smallest absolute Gasteiger partial charge is 0.369 e. The Morgan fingerprint density at radius 1 is 1.05 bits per heavy atom. The number of primary amides is 1. The van der Waals surface area contributed by atoms with Gasteiger partial charge in [-0.1, -0.05) is 49.7 Å². The van der Waals surface area contributed by atoms with Crippen LogP contribution in [0.1, 0.15) is 70.4 Å². The third kappa shape index (κ3) is 6.10. The SMILES string of the molecule is CCc1cc(C)cc(CC)c1NC(=O)CN1CC(c2ccc3c(c2SC(=O)O)OCO3)CC1c1ccc(C(N)=O)cc1. The van der Waals surface area contributed by atoms with E-state index in [1.165, 1.54) is 5.56 Å². The highest BCUT2D eigenvalue weighted by molar-refractivity contribution is 8.13. The van der Waals surface area contributed by atoms with Crippen molar-refractivity contribution >= 4 is 34.6 Å². The highest BCUT2D eigenvalue weighted by atomic mass is 32.2. The average molecular weight is 590 g/mol. The number of rotatable bonds is 9. The van der Waals surface area contributed by atoms with E-state index in [0.717, 1.165) is 40.8 Å². The van der Waals surface area contributed by atoms with Crippen molar-refractivity contribution in [3.63, 3.8) is 0 Å². The first-order valence-corrected chi connectivity index (χ1v) is 14.9. The minimum absolute atomic E-state index is 0.0380. The molecule has 9 nitrogen and oxygen atoms in total. The molecule has 3 aromatic carbocycles. The number of benzene rings is 3. The van der Waals surface area contributed by atoms with Crippen molar-refractivity contribution in [2.24, 2.45) is 5.73 Å². The Morgan fingerprint density at radius 2 is 1.74 bits per heavy atom. The Bertz CT molecular complexity index is 1500. The Morgan fingerprint density at radius 3 is 2.36 bits per heavy atom. The number of nitrogens with zero attached hydrogens (tertiary/aromatic N) is 1. The zero-order valence-electron chi connectivity index (χ0n) is 23.9. The third-order valence-corrected chi connectivity index (χ3v) is 8.76. The van der Waals surface area contributed by atoms with Crippen LogP contribution < -0.4 is 20.5 Å². The molecular formula is C32H35N3O6S. The van der Waals surface area contributed by atoms with E-state index in [-0.39, 0.29) is 31.2 Å². The van der Waals surface area contributed by atoms with Crippen molar-refractivity contribution in [3.8, 4) is 11.5 Å². The van der Waals surface area contributed by atoms with E-state index in [0.29, 0.717) is 46.7 Å². The van der Waals surface area contributed by atoms with Gasteiger partial charge in [0.15, 0.2) is 11.5 Å². The highest BCUT2D eigenvalue weighted by Crippen LogP contribution is 2.49. The fourth-order valence-corrected chi connectivity index (χ4v) is 6.80. The van der Waals surface area contributed by atoms with Gasteiger partial charge in [0.1, 0.15) is 0 Å². The van der Waals surface area contributed by atoms with Crippen molar-refractivity contribution in [2.75, 3.05) is 25.2 Å². The number of likely N-dealkylation sites (tertiary alicyclic amines) is 1. The van der Waals surface area contributed by atoms with Crippen LogP contribution in [0.5, 0.6) is 11.5 Å². The molecule has 1 saturated heterocycles. The molecule has 2 amide bonds. The van der Waals surface area contributed by atoms with Crippen LogP contribution >= 0.6 is 11.8 Å². The largest absolute Gasteiger partial charge is 0.473 e. The Balaban J connectivity index is 1.46. The molecule has 220 valence electrons. The van der Waals surface area contributed by atoms with Crippen LogP contribution in [-0.2, 0) is 17.6 Å². The number of aryl methyl sites for hydroxylation is 3. The minimum atomic E-state index is -1.04. The number of anilines is 1. The lowest BCUT2D eigenvalue weighted by Crippen LogP contribution is -2.33. The molecule has 5 rings (SSSR count). The second-order valence-corrected chi connectivity index (χ2v) is 11.6. The van der Waals surface area contributed by atoms with E-state index >= 15 is 0 Å². The number of ether oxygens (including phenoxy) is 2. The minimum Gasteiger partial charge on any atom is -0.473 e. The number of hydrogen-bond acceptors (Lipinski definition) is 7. The molecule has 10 heteroatoms. The van der Waals surface area contributed by atoms with Gasteiger partial charge >= 0.3 is 5.30 Å². The first-order chi connectivity index (χ1) is 20.2. The molecule has 0 bridgehead atoms. The van der Waals surface area contributed by atoms with E-state index in [1.807, 2.05) is 24.3 Å². The standard InChI is InChI=1S/C32H35N3O6S/c1-4-19-12-18(3)13-20(5-2)28(19)34-27(36)16-35-15-23(14-25(35)21-6-8-22(9-7-21)31(33)37)24-10-11-26-29(41-17-40-26)30(24)42-32(38)39/h6-13,23,25H,4-5,14-17H2,1-3H3,(H2,33,37)(H,34,36)(H,38,39). The molecule has 0 saturated carbocycles. The molecule has 2 heterocycles. The van der Waals surface area contributed by atoms with Crippen molar-refractivity contribution < 1.29 is 29.0 Å². The molecule has 4 N–H and O–H groups in total. The number of nitrogens with one attached hydrogen (secondary N) is 1. The second kappa shape index (κ2) is 12.5. The van der Waals surface area contributed by atoms with Crippen LogP contribution in [0.4, 0.5) is 10.5 Å². The van der Waals surface area contributed by atoms with Gasteiger partial charge < -0.3 is 25.6 Å². The van der Waals surface area contributed by atoms with Gasteiger partial charge in [0.2, 0.25) is 18.6 Å². The number of nitrogens with two attached hydrogens (primary N) is 1. The van der Waals surface area contributed by atoms with E-state index < -0.39 is 11.2 Å². The Kier molecular flexibility index (Phi) is 8.74. The van der Waals surface area contributed by atoms with Gasteiger partial charge in [0.05, 0.1) is 11.4 Å². The summed E-state index contributed by atoms with van der Waals surface area (Å²) in [4.78, 5) is 39.7. The average Bonchev–Trinajstić information content (AvgIpc) is 3.61. The van der Waals surface area contributed by atoms with Gasteiger partial charge in [0, 0.05) is 23.8 Å². The Hall–Kier alpha value is -4.02. The van der Waals surface area contributed by atoms with Gasteiger partial charge in [-0.25, -0.2) is 4.79 Å². The number of fused-ring (bicyclic) bond motifs is 1. The first-order valence-electron chi connectivity index (χ1n) is 14.1. The zero-order chi connectivity index (χ0) is 30.0. The van der Waals surface area contributed by atoms with Crippen LogP contribution in [0.15, 0.2) is 53.4 Å². The fraction of sp³-hybridized carbons (Fsp3) is 0.344. The molecule has 0 aromatic heterocycles. The predicted molar refractivity (Wildman–Crippen MR) is 162 cm³/mol. The van der Waals surface area contributed by atoms with Crippen molar-refractivity contribution in [1.29, 1.82) is 0 Å². The van der Waals surface area contributed by atoms with Gasteiger partial charge in [-0.2, -0.15) is 0 Å². The molecular weight excluding hydrogens is 554 g/mol. The maximum absolute atomic E-state index is 13.6. The summed E-state index contributed by atoms with van der Waals surface area (Å²) in [5, 5.41) is 11.8. The number of hydrogen-bond donors (Lipinski definition) is 3. The summed E-state index contributed by atoms with van der Waals surface area (Å²) in [6.45, 7) is 6.94. The quantitative estimate of drug-likeness (QED) is 0.264. The van der Waals surface area contributed by atoms with Crippen molar-refractivity contribution in [1.82, 2.24) is 4.90 Å². The van der Waals surface area contributed by atoms with Gasteiger partial charge in [0.25, 0.3) is 0 Å². The maximum Gasteiger partial charge on any atom is 0.369 e. The number of thioether (sulfide) groups is 1. The lowest BCUT2D eigenvalue weighted by atomic mass is 9.93. The van der Waals surface area contributed by atoms with E-state index in [4.69, 9.17) is 15.2 Å². The number of amides is 2. The molecule has 3 aromatic rings. The van der Waals surface area contributed by atoms with Gasteiger partial charge in [-0.15, -0.1) is 0 Å². The van der Waals surface area contributed by atoms with Gasteiger partial charge in [-0.3, -0.25) is 14.5 Å². The monoisotopic (exact) mass is 589 g/mol. The molecule has 0 aliphatic carbocycles. The maximum atomic E-state index is 13.6. The topological polar surface area (TPSA) is 131 Å². The predicted octanol–water partition coefficient (Wildman–Crippen LogP) is 5.89. The van der Waals surface area contributed by atoms with E-state index in [2.05, 4.69) is 43.1 Å². The molecule has 1 fully saturated rings. The van der Waals surface area contributed by atoms with Crippen LogP contribution in [0.3, 0.4) is 0 Å². The van der Waals surface area contributed by atoms with Crippen LogP contribution in [0, 0.1) is 6.92 Å². The normalized spacial score (nSPS) is 17.8. The number of carbonyl (C=O) groups excluding carboxylic acids is 2. The molecule has 0 radical (unpaired) electrons. The molecule has 2 atom stereocenters. The van der Waals surface area contributed by atoms with E-state index in [9.17, 15) is 19.5 Å². The lowest BCUT2D eigenvalue weighted by molar-refractivity contribution is -0.117. The highest BCUT2D eigenvalue weighted by Gasteiger charge is 2.38. The van der Waals surface area contributed by atoms with Gasteiger partial charge in [-0.05, 0) is 84.3 Å². The Labute approximate surface area is 249 Å². The summed E-state index contributed by atoms with van der Waals surface area (Å²) >= 11 is 0.708. The summed E-state index contributed by atoms with van der Waals surface area (Å²) in [5.41, 5.74) is 11.9. The summed E-state index contributed by atoms with van der Waals surface area (Å²) in [7, 11) is 0. The third-order valence-electron chi connectivity index (χ3n) is 7.96. The molecule has 42 heavy (non-hydrogen) atoms. The van der Waals surface area contributed by atoms with Crippen molar-refractivity contribution in [3.05, 3.63) is 81.9 Å². The molecule has 0 spiro atoms. The first kappa shape index (κ1) is 29.5. The number of carboxylic acid groups (broad SMARTS) is 1. The molecule has 2 aliphatic rings. The number of carbonyl (C=O) groups is 3. The summed E-state index contributed by atoms with van der Waals surface area (Å²) in [6, 6.07) is 14.9. The fourth-order valence-electron chi connectivity index (χ4n) is 6.02. The summed E-state index contributed by atoms with van der Waals surface area (Å²) in [5.74, 6) is 0.262. The second-order valence-electron chi connectivity index (χ2n) is 10.7. The lowest BCUT2D eigenvalue weighted by Gasteiger charge is -2.25. The zero-order valence-corrected chi connectivity index (χ0v) is 24.8. The molecule has 2 aliphatic heterocycles. The van der Waals surface area contributed by atoms with Crippen LogP contribution in [0.2, 0.25) is 0 Å². The van der Waals surface area contributed by atoms with Crippen LogP contribution in [0.25, 0.3) is 0 Å². The van der Waals surface area contributed by atoms with Crippen molar-refractivity contribution in [2.45, 2.75) is 56.9 Å². The van der Waals surface area contributed by atoms with E-state index in [1.54, 1.807) is 12.1 Å². The molecule has 2 unspecified atom stereocenters. The van der Waals surface area contributed by atoms with Crippen LogP contribution in [-0.4, -0.2) is 47.0 Å².